The number of guanidine groups is 1. The maximum atomic E-state index is 10.5. The Balaban J connectivity index is 0.00000225. The lowest BCUT2D eigenvalue weighted by molar-refractivity contribution is -0.118. The molecule has 0 atom stereocenters. The standard InChI is InChI=1S/C10H20N4O.HI/c1-8(15)12-5-6-13-10(11)14-7-9-3-2-4-9;/h9H,2-7H2,1H3,(H,12,15)(H3,11,13,14);1H. The van der Waals surface area contributed by atoms with Gasteiger partial charge in [-0.2, -0.15) is 0 Å². The highest BCUT2D eigenvalue weighted by atomic mass is 127. The Bertz CT molecular complexity index is 241. The molecule has 0 aromatic heterocycles. The normalized spacial score (nSPS) is 15.9. The van der Waals surface area contributed by atoms with Crippen LogP contribution >= 0.6 is 24.0 Å². The largest absolute Gasteiger partial charge is 0.370 e. The summed E-state index contributed by atoms with van der Waals surface area (Å²) < 4.78 is 0. The van der Waals surface area contributed by atoms with E-state index in [9.17, 15) is 4.79 Å². The molecule has 0 aromatic carbocycles. The zero-order valence-corrected chi connectivity index (χ0v) is 12.0. The molecule has 1 amide bonds. The Morgan fingerprint density at radius 1 is 1.38 bits per heavy atom. The fraction of sp³-hybridized carbons (Fsp3) is 0.800. The highest BCUT2D eigenvalue weighted by Gasteiger charge is 2.16. The van der Waals surface area contributed by atoms with Gasteiger partial charge in [-0.25, -0.2) is 0 Å². The van der Waals surface area contributed by atoms with Gasteiger partial charge < -0.3 is 16.4 Å². The third-order valence-corrected chi connectivity index (χ3v) is 2.55. The lowest BCUT2D eigenvalue weighted by atomic mass is 9.86. The molecule has 0 radical (unpaired) electrons. The molecule has 0 aliphatic heterocycles. The molecule has 1 aliphatic rings. The smallest absolute Gasteiger partial charge is 0.216 e. The van der Waals surface area contributed by atoms with Gasteiger partial charge in [0.25, 0.3) is 0 Å². The van der Waals surface area contributed by atoms with Crippen LogP contribution < -0.4 is 16.4 Å². The SMILES string of the molecule is CC(=O)NCCNC(N)=NCC1CCC1.I. The second-order valence-corrected chi connectivity index (χ2v) is 3.93. The summed E-state index contributed by atoms with van der Waals surface area (Å²) in [6.07, 6.45) is 3.89. The molecule has 16 heavy (non-hydrogen) atoms. The Labute approximate surface area is 114 Å². The average Bonchev–Trinajstić information content (AvgIpc) is 2.09. The molecule has 4 N–H and O–H groups in total. The summed E-state index contributed by atoms with van der Waals surface area (Å²) >= 11 is 0. The van der Waals surface area contributed by atoms with Crippen molar-refractivity contribution >= 4 is 35.8 Å². The van der Waals surface area contributed by atoms with E-state index in [2.05, 4.69) is 15.6 Å². The predicted octanol–water partition coefficient (Wildman–Crippen LogP) is 0.445. The van der Waals surface area contributed by atoms with Gasteiger partial charge in [0.2, 0.25) is 5.91 Å². The van der Waals surface area contributed by atoms with Crippen LogP contribution in [0.5, 0.6) is 0 Å². The van der Waals surface area contributed by atoms with Gasteiger partial charge in [0, 0.05) is 26.6 Å². The lowest BCUT2D eigenvalue weighted by Gasteiger charge is -2.23. The molecule has 0 aromatic rings. The third kappa shape index (κ3) is 6.86. The van der Waals surface area contributed by atoms with Crippen molar-refractivity contribution in [2.45, 2.75) is 26.2 Å². The molecular formula is C10H21IN4O. The van der Waals surface area contributed by atoms with Crippen LogP contribution in [0.15, 0.2) is 4.99 Å². The first-order chi connectivity index (χ1) is 7.18. The number of nitrogens with two attached hydrogens (primary N) is 1. The number of carbonyl (C=O) groups excluding carboxylic acids is 1. The van der Waals surface area contributed by atoms with Crippen molar-refractivity contribution in [2.75, 3.05) is 19.6 Å². The van der Waals surface area contributed by atoms with E-state index in [0.717, 1.165) is 12.5 Å². The molecule has 94 valence electrons. The van der Waals surface area contributed by atoms with Gasteiger partial charge in [0.15, 0.2) is 5.96 Å². The number of nitrogens with one attached hydrogen (secondary N) is 2. The van der Waals surface area contributed by atoms with Crippen LogP contribution in [-0.4, -0.2) is 31.5 Å². The van der Waals surface area contributed by atoms with E-state index in [-0.39, 0.29) is 29.9 Å². The number of aliphatic imine (C=N–C) groups is 1. The Morgan fingerprint density at radius 2 is 2.00 bits per heavy atom. The molecule has 6 heteroatoms. The number of rotatable bonds is 5. The molecule has 0 saturated heterocycles. The van der Waals surface area contributed by atoms with Crippen LogP contribution in [0, 0.1) is 5.92 Å². The van der Waals surface area contributed by atoms with E-state index in [1.165, 1.54) is 26.2 Å². The second kappa shape index (κ2) is 8.60. The van der Waals surface area contributed by atoms with Gasteiger partial charge in [0.05, 0.1) is 0 Å². The van der Waals surface area contributed by atoms with Crippen LogP contribution in [0.4, 0.5) is 0 Å². The maximum absolute atomic E-state index is 10.5. The van der Waals surface area contributed by atoms with Gasteiger partial charge in [-0.05, 0) is 18.8 Å². The summed E-state index contributed by atoms with van der Waals surface area (Å²) in [6.45, 7) is 3.53. The topological polar surface area (TPSA) is 79.5 Å². The monoisotopic (exact) mass is 340 g/mol. The Hall–Kier alpha value is -0.530. The summed E-state index contributed by atoms with van der Waals surface area (Å²) in [5, 5.41) is 5.63. The number of nitrogens with zero attached hydrogens (tertiary/aromatic N) is 1. The molecule has 5 nitrogen and oxygen atoms in total. The third-order valence-electron chi connectivity index (χ3n) is 2.55. The summed E-state index contributed by atoms with van der Waals surface area (Å²) in [7, 11) is 0. The van der Waals surface area contributed by atoms with Crippen LogP contribution in [0.25, 0.3) is 0 Å². The van der Waals surface area contributed by atoms with Crippen molar-refractivity contribution in [2.24, 2.45) is 16.6 Å². The van der Waals surface area contributed by atoms with Crippen molar-refractivity contribution in [1.82, 2.24) is 10.6 Å². The van der Waals surface area contributed by atoms with E-state index in [4.69, 9.17) is 5.73 Å². The van der Waals surface area contributed by atoms with Crippen molar-refractivity contribution in [1.29, 1.82) is 0 Å². The van der Waals surface area contributed by atoms with E-state index >= 15 is 0 Å². The Morgan fingerprint density at radius 3 is 2.50 bits per heavy atom. The van der Waals surface area contributed by atoms with Gasteiger partial charge in [-0.15, -0.1) is 24.0 Å². The van der Waals surface area contributed by atoms with Crippen molar-refractivity contribution in [3.63, 3.8) is 0 Å². The Kier molecular flexibility index (Phi) is 8.32. The number of hydrogen-bond acceptors (Lipinski definition) is 2. The lowest BCUT2D eigenvalue weighted by Crippen LogP contribution is -2.38. The first kappa shape index (κ1) is 15.5. The molecule has 0 bridgehead atoms. The molecule has 1 fully saturated rings. The highest BCUT2D eigenvalue weighted by Crippen LogP contribution is 2.26. The summed E-state index contributed by atoms with van der Waals surface area (Å²) in [4.78, 5) is 14.8. The van der Waals surface area contributed by atoms with Gasteiger partial charge in [0.1, 0.15) is 0 Å². The first-order valence-corrected chi connectivity index (χ1v) is 5.46. The van der Waals surface area contributed by atoms with Gasteiger partial charge in [-0.3, -0.25) is 9.79 Å². The highest BCUT2D eigenvalue weighted by molar-refractivity contribution is 14.0. The van der Waals surface area contributed by atoms with Crippen molar-refractivity contribution in [3.8, 4) is 0 Å². The van der Waals surface area contributed by atoms with Gasteiger partial charge in [-0.1, -0.05) is 6.42 Å². The van der Waals surface area contributed by atoms with Gasteiger partial charge >= 0.3 is 0 Å². The predicted molar refractivity (Wildman–Crippen MR) is 75.9 cm³/mol. The average molecular weight is 340 g/mol. The first-order valence-electron chi connectivity index (χ1n) is 5.46. The quantitative estimate of drug-likeness (QED) is 0.294. The van der Waals surface area contributed by atoms with Crippen LogP contribution in [0.2, 0.25) is 0 Å². The van der Waals surface area contributed by atoms with E-state index < -0.39 is 0 Å². The molecular weight excluding hydrogens is 319 g/mol. The zero-order chi connectivity index (χ0) is 11.1. The molecule has 0 heterocycles. The molecule has 0 spiro atoms. The minimum atomic E-state index is -0.0261. The van der Waals surface area contributed by atoms with Crippen molar-refractivity contribution < 1.29 is 4.79 Å². The van der Waals surface area contributed by atoms with E-state index in [1.54, 1.807) is 0 Å². The fourth-order valence-corrected chi connectivity index (χ4v) is 1.39. The van der Waals surface area contributed by atoms with Crippen molar-refractivity contribution in [3.05, 3.63) is 0 Å². The number of halogens is 1. The summed E-state index contributed by atoms with van der Waals surface area (Å²) in [6, 6.07) is 0. The number of carbonyl (C=O) groups is 1. The summed E-state index contributed by atoms with van der Waals surface area (Å²) in [5.74, 6) is 1.19. The molecule has 0 unspecified atom stereocenters. The van der Waals surface area contributed by atoms with E-state index in [0.29, 0.717) is 19.0 Å². The summed E-state index contributed by atoms with van der Waals surface area (Å²) in [5.41, 5.74) is 5.64. The minimum Gasteiger partial charge on any atom is -0.370 e. The van der Waals surface area contributed by atoms with Crippen LogP contribution in [-0.2, 0) is 4.79 Å². The van der Waals surface area contributed by atoms with E-state index in [1.807, 2.05) is 0 Å². The molecule has 1 rings (SSSR count). The molecule has 1 aliphatic carbocycles. The van der Waals surface area contributed by atoms with Crippen LogP contribution in [0.3, 0.4) is 0 Å². The minimum absolute atomic E-state index is 0. The molecule has 1 saturated carbocycles. The second-order valence-electron chi connectivity index (χ2n) is 3.93. The zero-order valence-electron chi connectivity index (χ0n) is 9.66. The number of amides is 1. The number of hydrogen-bond donors (Lipinski definition) is 3. The maximum Gasteiger partial charge on any atom is 0.216 e. The van der Waals surface area contributed by atoms with Crippen LogP contribution in [0.1, 0.15) is 26.2 Å². The fourth-order valence-electron chi connectivity index (χ4n) is 1.39.